The second kappa shape index (κ2) is 9.92. The van der Waals surface area contributed by atoms with Crippen molar-refractivity contribution in [3.63, 3.8) is 0 Å². The van der Waals surface area contributed by atoms with E-state index in [-0.39, 0.29) is 17.6 Å². The molecule has 2 saturated heterocycles. The predicted octanol–water partition coefficient (Wildman–Crippen LogP) is 3.34. The van der Waals surface area contributed by atoms with Crippen molar-refractivity contribution < 1.29 is 19.1 Å². The number of hydrogen-bond donors (Lipinski definition) is 2. The molecule has 34 heavy (non-hydrogen) atoms. The summed E-state index contributed by atoms with van der Waals surface area (Å²) in [4.78, 5) is 20.8. The lowest BCUT2D eigenvalue weighted by atomic mass is 10.0. The van der Waals surface area contributed by atoms with Crippen LogP contribution in [0.2, 0.25) is 0 Å². The number of aromatic carboxylic acids is 1. The molecule has 2 N–H and O–H groups in total. The van der Waals surface area contributed by atoms with Crippen LogP contribution in [-0.2, 0) is 4.74 Å². The number of rotatable bonds is 7. The smallest absolute Gasteiger partial charge is 0.336 e. The molecule has 2 fully saturated rings. The molecule has 3 aromatic rings. The number of carboxylic acids is 1. The molecule has 0 radical (unpaired) electrons. The highest BCUT2D eigenvalue weighted by atomic mass is 32.1. The van der Waals surface area contributed by atoms with Gasteiger partial charge in [-0.05, 0) is 42.5 Å². The van der Waals surface area contributed by atoms with Crippen molar-refractivity contribution in [2.24, 2.45) is 0 Å². The van der Waals surface area contributed by atoms with E-state index in [1.165, 1.54) is 0 Å². The average Bonchev–Trinajstić information content (AvgIpc) is 3.48. The molecule has 0 aliphatic carbocycles. The highest BCUT2D eigenvalue weighted by Crippen LogP contribution is 2.40. The van der Waals surface area contributed by atoms with E-state index in [4.69, 9.17) is 21.4 Å². The van der Waals surface area contributed by atoms with Gasteiger partial charge in [-0.1, -0.05) is 24.3 Å². The molecule has 0 saturated carbocycles. The third-order valence-corrected chi connectivity index (χ3v) is 6.65. The standard InChI is InChI=1S/C25H26N4O4S/c30-24(31)18-6-2-1-5-17(18)20-8-9-21(33-20)23-22(19-7-3-4-10-26-19)27-25(34)29(23)12-11-28-13-15-32-16-14-28/h1-10,22-23H,11-16H2,(H,27,34)(H,30,31)/t22-,23+/m1/s1. The summed E-state index contributed by atoms with van der Waals surface area (Å²) in [6.45, 7) is 4.87. The quantitative estimate of drug-likeness (QED) is 0.496. The van der Waals surface area contributed by atoms with Gasteiger partial charge in [-0.3, -0.25) is 9.88 Å². The largest absolute Gasteiger partial charge is 0.478 e. The average molecular weight is 479 g/mol. The van der Waals surface area contributed by atoms with Crippen LogP contribution < -0.4 is 5.32 Å². The second-order valence-corrected chi connectivity index (χ2v) is 8.71. The van der Waals surface area contributed by atoms with Gasteiger partial charge in [-0.25, -0.2) is 4.79 Å². The minimum absolute atomic E-state index is 0.188. The van der Waals surface area contributed by atoms with Crippen molar-refractivity contribution in [2.75, 3.05) is 39.4 Å². The molecule has 2 aliphatic heterocycles. The van der Waals surface area contributed by atoms with Crippen LogP contribution in [0.3, 0.4) is 0 Å². The van der Waals surface area contributed by atoms with Crippen molar-refractivity contribution in [1.29, 1.82) is 0 Å². The number of nitrogens with zero attached hydrogens (tertiary/aromatic N) is 3. The van der Waals surface area contributed by atoms with Gasteiger partial charge in [0.1, 0.15) is 17.6 Å². The molecule has 5 rings (SSSR count). The van der Waals surface area contributed by atoms with E-state index in [1.54, 1.807) is 24.4 Å². The summed E-state index contributed by atoms with van der Waals surface area (Å²) < 4.78 is 11.8. The lowest BCUT2D eigenvalue weighted by Gasteiger charge is -2.31. The number of carbonyl (C=O) groups is 1. The molecule has 0 amide bonds. The first kappa shape index (κ1) is 22.5. The van der Waals surface area contributed by atoms with Crippen LogP contribution in [-0.4, -0.2) is 70.4 Å². The van der Waals surface area contributed by atoms with Gasteiger partial charge in [-0.2, -0.15) is 0 Å². The number of benzene rings is 1. The van der Waals surface area contributed by atoms with Gasteiger partial charge in [0.15, 0.2) is 5.11 Å². The molecule has 2 aromatic heterocycles. The third kappa shape index (κ3) is 4.54. The van der Waals surface area contributed by atoms with Crippen molar-refractivity contribution in [3.8, 4) is 11.3 Å². The first-order valence-electron chi connectivity index (χ1n) is 11.3. The maximum atomic E-state index is 11.7. The zero-order chi connectivity index (χ0) is 23.5. The summed E-state index contributed by atoms with van der Waals surface area (Å²) in [5.41, 5.74) is 1.62. The van der Waals surface area contributed by atoms with Crippen LogP contribution in [0.1, 0.15) is 33.9 Å². The number of hydrogen-bond acceptors (Lipinski definition) is 6. The van der Waals surface area contributed by atoms with E-state index in [9.17, 15) is 9.90 Å². The van der Waals surface area contributed by atoms with Gasteiger partial charge in [-0.15, -0.1) is 0 Å². The Balaban J connectivity index is 1.47. The summed E-state index contributed by atoms with van der Waals surface area (Å²) in [6, 6.07) is 16.0. The number of morpholine rings is 1. The van der Waals surface area contributed by atoms with Crippen molar-refractivity contribution >= 4 is 23.3 Å². The molecule has 0 bridgehead atoms. The van der Waals surface area contributed by atoms with E-state index in [0.717, 1.165) is 45.1 Å². The summed E-state index contributed by atoms with van der Waals surface area (Å²) >= 11 is 5.74. The van der Waals surface area contributed by atoms with Gasteiger partial charge in [0, 0.05) is 37.9 Å². The molecule has 8 nitrogen and oxygen atoms in total. The van der Waals surface area contributed by atoms with Crippen LogP contribution in [0, 0.1) is 0 Å². The maximum Gasteiger partial charge on any atom is 0.336 e. The van der Waals surface area contributed by atoms with Gasteiger partial charge in [0.05, 0.1) is 30.5 Å². The van der Waals surface area contributed by atoms with E-state index in [0.29, 0.717) is 22.2 Å². The first-order valence-corrected chi connectivity index (χ1v) is 11.7. The Morgan fingerprint density at radius 3 is 2.65 bits per heavy atom. The minimum atomic E-state index is -0.990. The van der Waals surface area contributed by atoms with Crippen molar-refractivity contribution in [3.05, 3.63) is 77.8 Å². The fraction of sp³-hybridized carbons (Fsp3) is 0.320. The maximum absolute atomic E-state index is 11.7. The van der Waals surface area contributed by atoms with Crippen molar-refractivity contribution in [1.82, 2.24) is 20.1 Å². The summed E-state index contributed by atoms with van der Waals surface area (Å²) in [5, 5.41) is 13.7. The molecule has 0 unspecified atom stereocenters. The molecular formula is C25H26N4O4S. The molecule has 4 heterocycles. The monoisotopic (exact) mass is 478 g/mol. The van der Waals surface area contributed by atoms with E-state index in [2.05, 4.69) is 20.1 Å². The minimum Gasteiger partial charge on any atom is -0.478 e. The fourth-order valence-corrected chi connectivity index (χ4v) is 4.90. The molecule has 2 atom stereocenters. The Kier molecular flexibility index (Phi) is 6.57. The highest BCUT2D eigenvalue weighted by molar-refractivity contribution is 7.80. The van der Waals surface area contributed by atoms with Crippen LogP contribution in [0.15, 0.2) is 65.2 Å². The summed E-state index contributed by atoms with van der Waals surface area (Å²) in [5.74, 6) is 0.231. The van der Waals surface area contributed by atoms with E-state index >= 15 is 0 Å². The number of ether oxygens (including phenoxy) is 1. The highest BCUT2D eigenvalue weighted by Gasteiger charge is 2.41. The Morgan fingerprint density at radius 1 is 1.09 bits per heavy atom. The van der Waals surface area contributed by atoms with Gasteiger partial charge in [0.2, 0.25) is 0 Å². The number of pyridine rings is 1. The second-order valence-electron chi connectivity index (χ2n) is 8.33. The molecule has 176 valence electrons. The Labute approximate surface area is 203 Å². The SMILES string of the molecule is O=C(O)c1ccccc1-c1ccc([C@H]2[C@@H](c3ccccn3)NC(=S)N2CCN2CCOCC2)o1. The number of thiocarbonyl (C=S) groups is 1. The van der Waals surface area contributed by atoms with E-state index < -0.39 is 5.97 Å². The van der Waals surface area contributed by atoms with Gasteiger partial charge < -0.3 is 24.5 Å². The van der Waals surface area contributed by atoms with Gasteiger partial charge >= 0.3 is 5.97 Å². The summed E-state index contributed by atoms with van der Waals surface area (Å²) in [6.07, 6.45) is 1.77. The van der Waals surface area contributed by atoms with Crippen LogP contribution >= 0.6 is 12.2 Å². The predicted molar refractivity (Wildman–Crippen MR) is 131 cm³/mol. The Hall–Kier alpha value is -3.27. The fourth-order valence-electron chi connectivity index (χ4n) is 4.57. The topological polar surface area (TPSA) is 91.1 Å². The Bertz CT molecular complexity index is 1160. The number of aromatic nitrogens is 1. The van der Waals surface area contributed by atoms with Crippen LogP contribution in [0.25, 0.3) is 11.3 Å². The molecule has 0 spiro atoms. The van der Waals surface area contributed by atoms with Crippen LogP contribution in [0.4, 0.5) is 0 Å². The first-order chi connectivity index (χ1) is 16.6. The number of nitrogens with one attached hydrogen (secondary N) is 1. The van der Waals surface area contributed by atoms with Gasteiger partial charge in [0.25, 0.3) is 0 Å². The number of carboxylic acid groups (broad SMARTS) is 1. The lowest BCUT2D eigenvalue weighted by Crippen LogP contribution is -2.42. The molecule has 9 heteroatoms. The molecule has 2 aliphatic rings. The van der Waals surface area contributed by atoms with Crippen molar-refractivity contribution in [2.45, 2.75) is 12.1 Å². The molecular weight excluding hydrogens is 452 g/mol. The zero-order valence-corrected chi connectivity index (χ0v) is 19.4. The van der Waals surface area contributed by atoms with Crippen LogP contribution in [0.5, 0.6) is 0 Å². The summed E-state index contributed by atoms with van der Waals surface area (Å²) in [7, 11) is 0. The van der Waals surface area contributed by atoms with E-state index in [1.807, 2.05) is 36.4 Å². The zero-order valence-electron chi connectivity index (χ0n) is 18.6. The third-order valence-electron chi connectivity index (χ3n) is 6.30. The molecule has 1 aromatic carbocycles. The lowest BCUT2D eigenvalue weighted by molar-refractivity contribution is 0.0347. The normalized spacial score (nSPS) is 20.9. The number of furan rings is 1. The Morgan fingerprint density at radius 2 is 1.88 bits per heavy atom.